The van der Waals surface area contributed by atoms with E-state index in [1.165, 1.54) is 10.4 Å². The van der Waals surface area contributed by atoms with E-state index >= 15 is 0 Å². The van der Waals surface area contributed by atoms with Gasteiger partial charge in [0.2, 0.25) is 0 Å². The maximum Gasteiger partial charge on any atom is 0.277 e. The Kier molecular flexibility index (Phi) is 7.98. The number of nitrogens with zero attached hydrogens (tertiary/aromatic N) is 3. The molecule has 0 saturated carbocycles. The zero-order valence-electron chi connectivity index (χ0n) is 22.6. The van der Waals surface area contributed by atoms with Crippen LogP contribution in [0.3, 0.4) is 0 Å². The average molecular weight is 548 g/mol. The summed E-state index contributed by atoms with van der Waals surface area (Å²) in [7, 11) is -2.73. The molecule has 3 aromatic rings. The van der Waals surface area contributed by atoms with Gasteiger partial charge in [0.05, 0.1) is 33.6 Å². The molecular weight excluding hydrogens is 514 g/mol. The first-order chi connectivity index (χ1) is 18.5. The number of amides is 1. The summed E-state index contributed by atoms with van der Waals surface area (Å²) in [5.74, 6) is -0.441. The van der Waals surface area contributed by atoms with Gasteiger partial charge in [-0.2, -0.15) is 0 Å². The summed E-state index contributed by atoms with van der Waals surface area (Å²) in [6, 6.07) is 23.5. The molecule has 0 N–H and O–H groups in total. The molecule has 1 aliphatic heterocycles. The molecule has 1 aliphatic rings. The molecule has 1 amide bonds. The highest BCUT2D eigenvalue weighted by Crippen LogP contribution is 2.39. The van der Waals surface area contributed by atoms with Crippen molar-refractivity contribution in [1.29, 1.82) is 0 Å². The molecule has 0 spiro atoms. The first-order valence-corrected chi connectivity index (χ1v) is 14.9. The highest BCUT2D eigenvalue weighted by atomic mass is 28.4. The van der Waals surface area contributed by atoms with Crippen LogP contribution in [0.4, 0.5) is 11.4 Å². The van der Waals surface area contributed by atoms with Gasteiger partial charge in [-0.3, -0.25) is 25.0 Å². The largest absolute Gasteiger partial charge is 0.407 e. The molecule has 10 heteroatoms. The number of hydrogen-bond donors (Lipinski definition) is 0. The van der Waals surface area contributed by atoms with Crippen LogP contribution >= 0.6 is 0 Å². The molecule has 1 fully saturated rings. The van der Waals surface area contributed by atoms with E-state index in [1.54, 1.807) is 4.90 Å². The number of carbonyl (C=O) groups is 1. The lowest BCUT2D eigenvalue weighted by molar-refractivity contribution is -0.394. The molecule has 1 saturated heterocycles. The summed E-state index contributed by atoms with van der Waals surface area (Å²) in [4.78, 5) is 36.2. The second-order valence-electron chi connectivity index (χ2n) is 10.8. The van der Waals surface area contributed by atoms with Gasteiger partial charge in [0.25, 0.3) is 25.6 Å². The molecule has 1 heterocycles. The predicted octanol–water partition coefficient (Wildman–Crippen LogP) is 5.07. The Hall–Kier alpha value is -3.89. The Morgan fingerprint density at radius 3 is 1.77 bits per heavy atom. The van der Waals surface area contributed by atoms with Crippen molar-refractivity contribution in [2.45, 2.75) is 57.7 Å². The highest BCUT2D eigenvalue weighted by Gasteiger charge is 2.52. The molecule has 0 aromatic heterocycles. The molecule has 39 heavy (non-hydrogen) atoms. The van der Waals surface area contributed by atoms with Gasteiger partial charge in [0, 0.05) is 18.7 Å². The van der Waals surface area contributed by atoms with Gasteiger partial charge in [-0.25, -0.2) is 0 Å². The van der Waals surface area contributed by atoms with Crippen LogP contribution in [-0.4, -0.2) is 47.7 Å². The van der Waals surface area contributed by atoms with Crippen LogP contribution in [0.2, 0.25) is 5.04 Å². The number of rotatable bonds is 10. The number of carbonyl (C=O) groups excluding carboxylic acids is 1. The van der Waals surface area contributed by atoms with E-state index < -0.39 is 35.4 Å². The van der Waals surface area contributed by atoms with Gasteiger partial charge in [-0.1, -0.05) is 88.4 Å². The van der Waals surface area contributed by atoms with Crippen molar-refractivity contribution in [1.82, 2.24) is 4.90 Å². The van der Waals surface area contributed by atoms with Crippen LogP contribution in [0.25, 0.3) is 0 Å². The lowest BCUT2D eigenvalue weighted by Gasteiger charge is -2.43. The summed E-state index contributed by atoms with van der Waals surface area (Å²) in [6.07, 6.45) is 1.29. The van der Waals surface area contributed by atoms with E-state index in [2.05, 4.69) is 45.0 Å². The zero-order valence-corrected chi connectivity index (χ0v) is 23.6. The Balaban J connectivity index is 1.58. The highest BCUT2D eigenvalue weighted by molar-refractivity contribution is 6.99. The monoisotopic (exact) mass is 547 g/mol. The molecule has 2 atom stereocenters. The predicted molar refractivity (Wildman–Crippen MR) is 152 cm³/mol. The van der Waals surface area contributed by atoms with E-state index in [0.717, 1.165) is 18.2 Å². The van der Waals surface area contributed by atoms with Gasteiger partial charge < -0.3 is 9.33 Å². The third-order valence-corrected chi connectivity index (χ3v) is 12.5. The Morgan fingerprint density at radius 1 is 0.872 bits per heavy atom. The van der Waals surface area contributed by atoms with E-state index in [9.17, 15) is 25.0 Å². The number of non-ortho nitro benzene ring substituents is 2. The molecular formula is C29H33N3O6Si. The zero-order chi connectivity index (χ0) is 28.4. The smallest absolute Gasteiger partial charge is 0.277 e. The van der Waals surface area contributed by atoms with Crippen molar-refractivity contribution in [3.05, 3.63) is 105 Å². The van der Waals surface area contributed by atoms with Crippen LogP contribution in [0.5, 0.6) is 0 Å². The topological polar surface area (TPSA) is 116 Å². The molecule has 204 valence electrons. The molecule has 0 bridgehead atoms. The summed E-state index contributed by atoms with van der Waals surface area (Å²) in [6.45, 7) is 9.01. The SMILES string of the molecule is CCC1C(CCO[Si](c2ccccc2)(c2ccccc2)C(C)(C)C)N1C(=O)c1cc([N+](=O)[O-])cc([N+](=O)[O-])c1. The number of nitro benzene ring substituents is 2. The van der Waals surface area contributed by atoms with Crippen LogP contribution in [0.15, 0.2) is 78.9 Å². The summed E-state index contributed by atoms with van der Waals surface area (Å²) in [5, 5.41) is 24.8. The number of hydrogen-bond acceptors (Lipinski definition) is 6. The second kappa shape index (κ2) is 11.1. The lowest BCUT2D eigenvalue weighted by Crippen LogP contribution is -2.66. The van der Waals surface area contributed by atoms with Crippen LogP contribution in [0.1, 0.15) is 50.9 Å². The van der Waals surface area contributed by atoms with Gasteiger partial charge in [0.15, 0.2) is 0 Å². The second-order valence-corrected chi connectivity index (χ2v) is 15.1. The third-order valence-electron chi connectivity index (χ3n) is 7.44. The van der Waals surface area contributed by atoms with Crippen LogP contribution < -0.4 is 10.4 Å². The lowest BCUT2D eigenvalue weighted by atomic mass is 10.1. The Morgan fingerprint density at radius 2 is 1.36 bits per heavy atom. The van der Waals surface area contributed by atoms with Gasteiger partial charge in [0.1, 0.15) is 0 Å². The first-order valence-electron chi connectivity index (χ1n) is 13.0. The van der Waals surface area contributed by atoms with Crippen molar-refractivity contribution in [2.75, 3.05) is 6.61 Å². The van der Waals surface area contributed by atoms with E-state index in [0.29, 0.717) is 19.4 Å². The normalized spacial score (nSPS) is 17.1. The maximum absolute atomic E-state index is 13.3. The average Bonchev–Trinajstić information content (AvgIpc) is 3.63. The van der Waals surface area contributed by atoms with E-state index in [1.807, 2.05) is 43.3 Å². The molecule has 3 aromatic carbocycles. The fourth-order valence-corrected chi connectivity index (χ4v) is 10.2. The summed E-state index contributed by atoms with van der Waals surface area (Å²) in [5.41, 5.74) is -1.01. The fraction of sp³-hybridized carbons (Fsp3) is 0.345. The van der Waals surface area contributed by atoms with Crippen molar-refractivity contribution in [3.63, 3.8) is 0 Å². The van der Waals surface area contributed by atoms with Crippen LogP contribution in [-0.2, 0) is 4.43 Å². The summed E-state index contributed by atoms with van der Waals surface area (Å²) < 4.78 is 6.97. The maximum atomic E-state index is 13.3. The Labute approximate surface area is 228 Å². The number of benzene rings is 3. The van der Waals surface area contributed by atoms with Crippen molar-refractivity contribution >= 4 is 36.0 Å². The minimum absolute atomic E-state index is 0.0512. The minimum atomic E-state index is -2.73. The van der Waals surface area contributed by atoms with E-state index in [4.69, 9.17) is 4.43 Å². The van der Waals surface area contributed by atoms with Crippen molar-refractivity contribution in [3.8, 4) is 0 Å². The van der Waals surface area contributed by atoms with Crippen molar-refractivity contribution < 1.29 is 19.1 Å². The number of nitro groups is 2. The van der Waals surface area contributed by atoms with Crippen molar-refractivity contribution in [2.24, 2.45) is 0 Å². The summed E-state index contributed by atoms with van der Waals surface area (Å²) >= 11 is 0. The minimum Gasteiger partial charge on any atom is -0.407 e. The van der Waals surface area contributed by atoms with Gasteiger partial charge >= 0.3 is 0 Å². The molecule has 0 radical (unpaired) electrons. The molecule has 9 nitrogen and oxygen atoms in total. The van der Waals surface area contributed by atoms with E-state index in [-0.39, 0.29) is 22.7 Å². The van der Waals surface area contributed by atoms with Gasteiger partial charge in [-0.15, -0.1) is 0 Å². The molecule has 4 rings (SSSR count). The fourth-order valence-electron chi connectivity index (χ4n) is 5.61. The first kappa shape index (κ1) is 28.1. The Bertz CT molecular complexity index is 1290. The standard InChI is InChI=1S/C29H33N3O6Si/c1-5-26-27(30(26)28(33)21-18-22(31(34)35)20-23(19-21)32(36)37)16-17-38-39(29(2,3)4,24-12-8-6-9-13-24)25-14-10-7-11-15-25/h6-15,18-20,26-27H,5,16-17H2,1-4H3. The third kappa shape index (κ3) is 5.48. The molecule has 2 unspecified atom stereocenters. The quantitative estimate of drug-likeness (QED) is 0.151. The van der Waals surface area contributed by atoms with Crippen LogP contribution in [0, 0.1) is 20.2 Å². The molecule has 0 aliphatic carbocycles. The van der Waals surface area contributed by atoms with Gasteiger partial charge in [-0.05, 0) is 28.3 Å².